The Balaban J connectivity index is 1.64. The predicted octanol–water partition coefficient (Wildman–Crippen LogP) is -1.13. The van der Waals surface area contributed by atoms with Crippen molar-refractivity contribution in [2.24, 2.45) is 29.4 Å². The van der Waals surface area contributed by atoms with Crippen molar-refractivity contribution < 1.29 is 14.4 Å². The molecule has 4 unspecified atom stereocenters. The van der Waals surface area contributed by atoms with Gasteiger partial charge in [-0.25, -0.2) is 0 Å². The molecule has 3 rings (SSSR count). The quantitative estimate of drug-likeness (QED) is 0.496. The third-order valence-electron chi connectivity index (χ3n) is 4.40. The normalized spacial score (nSPS) is 35.1. The van der Waals surface area contributed by atoms with Crippen molar-refractivity contribution >= 4 is 17.7 Å². The Morgan fingerprint density at radius 2 is 1.84 bits per heavy atom. The monoisotopic (exact) mass is 263 g/mol. The van der Waals surface area contributed by atoms with Crippen molar-refractivity contribution in [3.05, 3.63) is 12.2 Å². The van der Waals surface area contributed by atoms with E-state index in [1.54, 1.807) is 0 Å². The molecule has 0 spiro atoms. The molecular formula is C13H17N3O3. The maximum absolute atomic E-state index is 12.3. The van der Waals surface area contributed by atoms with Gasteiger partial charge in [-0.2, -0.15) is 0 Å². The van der Waals surface area contributed by atoms with Crippen molar-refractivity contribution in [2.75, 3.05) is 19.6 Å². The molecule has 0 aromatic rings. The van der Waals surface area contributed by atoms with Gasteiger partial charge in [0.15, 0.2) is 0 Å². The van der Waals surface area contributed by atoms with E-state index in [1.807, 2.05) is 0 Å². The number of hydrogen-bond acceptors (Lipinski definition) is 4. The summed E-state index contributed by atoms with van der Waals surface area (Å²) in [4.78, 5) is 36.9. The molecule has 0 aromatic heterocycles. The van der Waals surface area contributed by atoms with Crippen LogP contribution >= 0.6 is 0 Å². The average molecular weight is 263 g/mol. The van der Waals surface area contributed by atoms with Crippen molar-refractivity contribution in [1.29, 1.82) is 0 Å². The van der Waals surface area contributed by atoms with E-state index in [1.165, 1.54) is 4.90 Å². The van der Waals surface area contributed by atoms with Crippen molar-refractivity contribution in [2.45, 2.75) is 6.42 Å². The average Bonchev–Trinajstić information content (AvgIpc) is 3.07. The van der Waals surface area contributed by atoms with Crippen molar-refractivity contribution in [3.8, 4) is 0 Å². The highest BCUT2D eigenvalue weighted by Crippen LogP contribution is 2.52. The predicted molar refractivity (Wildman–Crippen MR) is 66.5 cm³/mol. The summed E-state index contributed by atoms with van der Waals surface area (Å²) >= 11 is 0. The molecule has 3 N–H and O–H groups in total. The van der Waals surface area contributed by atoms with Crippen LogP contribution in [0.2, 0.25) is 0 Å². The highest BCUT2D eigenvalue weighted by Gasteiger charge is 2.58. The van der Waals surface area contributed by atoms with Crippen LogP contribution in [0.4, 0.5) is 0 Å². The van der Waals surface area contributed by atoms with E-state index >= 15 is 0 Å². The fourth-order valence-electron chi connectivity index (χ4n) is 3.56. The molecular weight excluding hydrogens is 246 g/mol. The van der Waals surface area contributed by atoms with E-state index in [0.29, 0.717) is 0 Å². The first kappa shape index (κ1) is 12.3. The summed E-state index contributed by atoms with van der Waals surface area (Å²) in [5.74, 6) is -0.283. The minimum Gasteiger partial charge on any atom is -0.353 e. The van der Waals surface area contributed by atoms with Gasteiger partial charge >= 0.3 is 0 Å². The van der Waals surface area contributed by atoms with Crippen LogP contribution in [0.5, 0.6) is 0 Å². The number of amides is 3. The van der Waals surface area contributed by atoms with Gasteiger partial charge in [-0.15, -0.1) is 0 Å². The second-order valence-corrected chi connectivity index (χ2v) is 5.38. The van der Waals surface area contributed by atoms with Gasteiger partial charge in [-0.1, -0.05) is 12.2 Å². The largest absolute Gasteiger partial charge is 0.353 e. The molecule has 2 fully saturated rings. The third-order valence-corrected chi connectivity index (χ3v) is 4.40. The van der Waals surface area contributed by atoms with Crippen molar-refractivity contribution in [1.82, 2.24) is 10.2 Å². The molecule has 0 aromatic carbocycles. The summed E-state index contributed by atoms with van der Waals surface area (Å²) in [6.07, 6.45) is 5.07. The zero-order valence-electron chi connectivity index (χ0n) is 10.5. The summed E-state index contributed by atoms with van der Waals surface area (Å²) in [5.41, 5.74) is 5.17. The molecule has 1 heterocycles. The van der Waals surface area contributed by atoms with Crippen LogP contribution in [0.3, 0.4) is 0 Å². The lowest BCUT2D eigenvalue weighted by Gasteiger charge is -2.17. The third kappa shape index (κ3) is 1.78. The zero-order chi connectivity index (χ0) is 13.6. The molecule has 2 bridgehead atoms. The molecule has 0 radical (unpaired) electrons. The Morgan fingerprint density at radius 3 is 2.37 bits per heavy atom. The van der Waals surface area contributed by atoms with Crippen LogP contribution < -0.4 is 11.1 Å². The lowest BCUT2D eigenvalue weighted by molar-refractivity contribution is -0.141. The maximum Gasteiger partial charge on any atom is 0.233 e. The molecule has 102 valence electrons. The number of imide groups is 1. The Hall–Kier alpha value is -1.69. The fourth-order valence-corrected chi connectivity index (χ4v) is 3.56. The lowest BCUT2D eigenvalue weighted by Crippen LogP contribution is -2.41. The summed E-state index contributed by atoms with van der Waals surface area (Å²) in [7, 11) is 0. The van der Waals surface area contributed by atoms with Crippen LogP contribution in [0, 0.1) is 23.7 Å². The summed E-state index contributed by atoms with van der Waals surface area (Å²) < 4.78 is 0. The van der Waals surface area contributed by atoms with Gasteiger partial charge in [-0.3, -0.25) is 19.3 Å². The maximum atomic E-state index is 12.3. The number of carbonyl (C=O) groups is 3. The van der Waals surface area contributed by atoms with Gasteiger partial charge in [-0.05, 0) is 18.3 Å². The lowest BCUT2D eigenvalue weighted by atomic mass is 9.85. The second kappa shape index (κ2) is 4.45. The van der Waals surface area contributed by atoms with Gasteiger partial charge in [0.1, 0.15) is 0 Å². The first-order valence-corrected chi connectivity index (χ1v) is 6.64. The number of nitrogens with one attached hydrogen (secondary N) is 1. The molecule has 1 aliphatic heterocycles. The number of likely N-dealkylation sites (tertiary alicyclic amines) is 1. The van der Waals surface area contributed by atoms with Gasteiger partial charge in [0.2, 0.25) is 17.7 Å². The van der Waals surface area contributed by atoms with E-state index < -0.39 is 0 Å². The molecule has 2 aliphatic carbocycles. The van der Waals surface area contributed by atoms with Crippen molar-refractivity contribution in [3.63, 3.8) is 0 Å². The molecule has 3 aliphatic rings. The number of allylic oxidation sites excluding steroid dienone is 2. The topological polar surface area (TPSA) is 92.5 Å². The first-order valence-electron chi connectivity index (χ1n) is 6.64. The number of nitrogens with two attached hydrogens (primary N) is 1. The number of nitrogens with zero attached hydrogens (tertiary/aromatic N) is 1. The standard InChI is InChI=1S/C13H17N3O3/c14-6-9(17)15-3-4-16-12(18)10-7-1-2-8(5-7)11(10)13(16)19/h1-2,7-8,10-11H,3-6,14H2,(H,15,17). The Bertz CT molecular complexity index is 444. The molecule has 3 amide bonds. The van der Waals surface area contributed by atoms with Gasteiger partial charge in [0, 0.05) is 13.1 Å². The molecule has 19 heavy (non-hydrogen) atoms. The number of hydrogen-bond donors (Lipinski definition) is 2. The molecule has 4 atom stereocenters. The van der Waals surface area contributed by atoms with E-state index in [0.717, 1.165) is 6.42 Å². The van der Waals surface area contributed by atoms with Gasteiger partial charge in [0.25, 0.3) is 0 Å². The summed E-state index contributed by atoms with van der Waals surface area (Å²) in [5, 5.41) is 2.58. The highest BCUT2D eigenvalue weighted by molar-refractivity contribution is 6.06. The van der Waals surface area contributed by atoms with E-state index in [2.05, 4.69) is 17.5 Å². The van der Waals surface area contributed by atoms with Crippen LogP contribution in [0.1, 0.15) is 6.42 Å². The minimum absolute atomic E-state index is 0.0751. The first-order chi connectivity index (χ1) is 9.13. The number of rotatable bonds is 4. The van der Waals surface area contributed by atoms with Crippen LogP contribution in [0.15, 0.2) is 12.2 Å². The zero-order valence-corrected chi connectivity index (χ0v) is 10.5. The number of fused-ring (bicyclic) bond motifs is 5. The smallest absolute Gasteiger partial charge is 0.233 e. The Labute approximate surface area is 111 Å². The van der Waals surface area contributed by atoms with E-state index in [4.69, 9.17) is 5.73 Å². The second-order valence-electron chi connectivity index (χ2n) is 5.38. The minimum atomic E-state index is -0.277. The summed E-state index contributed by atoms with van der Waals surface area (Å²) in [6, 6.07) is 0. The molecule has 1 saturated carbocycles. The van der Waals surface area contributed by atoms with Gasteiger partial charge in [0.05, 0.1) is 18.4 Å². The Kier molecular flexibility index (Phi) is 2.89. The molecule has 1 saturated heterocycles. The summed E-state index contributed by atoms with van der Waals surface area (Å²) in [6.45, 7) is 0.437. The van der Waals surface area contributed by atoms with E-state index in [-0.39, 0.29) is 61.0 Å². The fraction of sp³-hybridized carbons (Fsp3) is 0.615. The SMILES string of the molecule is NCC(=O)NCCN1C(=O)C2C3C=CC(C3)C2C1=O. The molecule has 6 heteroatoms. The molecule has 6 nitrogen and oxygen atoms in total. The van der Waals surface area contributed by atoms with E-state index in [9.17, 15) is 14.4 Å². The highest BCUT2D eigenvalue weighted by atomic mass is 16.2. The van der Waals surface area contributed by atoms with Crippen LogP contribution in [0.25, 0.3) is 0 Å². The number of carbonyl (C=O) groups excluding carboxylic acids is 3. The van der Waals surface area contributed by atoms with Crippen LogP contribution in [-0.2, 0) is 14.4 Å². The van der Waals surface area contributed by atoms with Gasteiger partial charge < -0.3 is 11.1 Å². The van der Waals surface area contributed by atoms with Crippen LogP contribution in [-0.4, -0.2) is 42.3 Å². The Morgan fingerprint density at radius 1 is 1.26 bits per heavy atom.